The smallest absolute Gasteiger partial charge is 0.408 e. The van der Waals surface area contributed by atoms with Crippen molar-refractivity contribution in [2.45, 2.75) is 39.3 Å². The Balaban J connectivity index is 2.41. The van der Waals surface area contributed by atoms with E-state index in [-0.39, 0.29) is 25.7 Å². The number of unbranched alkanes of at least 4 members (excludes halogenated alkanes) is 1. The molecule has 0 heterocycles. The molecule has 1 aromatic carbocycles. The highest BCUT2D eigenvalue weighted by Gasteiger charge is 2.26. The number of benzene rings is 1. The molecule has 0 aliphatic carbocycles. The molecule has 0 bridgehead atoms. The first-order valence-corrected chi connectivity index (χ1v) is 7.79. The Labute approximate surface area is 136 Å². The molecule has 1 aromatic rings. The number of ether oxygens (including phenoxy) is 2. The van der Waals surface area contributed by atoms with Crippen molar-refractivity contribution in [2.75, 3.05) is 13.2 Å². The fourth-order valence-electron chi connectivity index (χ4n) is 1.87. The summed E-state index contributed by atoms with van der Waals surface area (Å²) in [6.45, 7) is 4.07. The maximum Gasteiger partial charge on any atom is 0.408 e. The van der Waals surface area contributed by atoms with E-state index in [1.54, 1.807) is 0 Å². The lowest BCUT2D eigenvalue weighted by molar-refractivity contribution is -0.147. The van der Waals surface area contributed by atoms with Crippen LogP contribution in [0.5, 0.6) is 0 Å². The zero-order chi connectivity index (χ0) is 17.1. The molecule has 0 unspecified atom stereocenters. The van der Waals surface area contributed by atoms with Gasteiger partial charge in [-0.3, -0.25) is 0 Å². The summed E-state index contributed by atoms with van der Waals surface area (Å²) in [5.74, 6) is -0.612. The molecule has 6 nitrogen and oxygen atoms in total. The minimum Gasteiger partial charge on any atom is -0.464 e. The van der Waals surface area contributed by atoms with Gasteiger partial charge in [0.25, 0.3) is 0 Å². The van der Waals surface area contributed by atoms with Gasteiger partial charge in [0.05, 0.1) is 6.61 Å². The van der Waals surface area contributed by atoms with Gasteiger partial charge in [-0.25, -0.2) is 9.59 Å². The number of nitrogens with one attached hydrogen (secondary N) is 1. The van der Waals surface area contributed by atoms with Crippen molar-refractivity contribution in [3.63, 3.8) is 0 Å². The molecule has 0 saturated carbocycles. The second kappa shape index (κ2) is 10.6. The lowest BCUT2D eigenvalue weighted by Gasteiger charge is -2.20. The predicted octanol–water partition coefficient (Wildman–Crippen LogP) is 2.25. The number of aliphatic hydroxyl groups is 1. The molecule has 1 rings (SSSR count). The highest BCUT2D eigenvalue weighted by atomic mass is 16.6. The van der Waals surface area contributed by atoms with E-state index in [9.17, 15) is 9.59 Å². The second-order valence-electron chi connectivity index (χ2n) is 5.53. The third-order valence-corrected chi connectivity index (χ3v) is 3.20. The molecule has 0 saturated heterocycles. The van der Waals surface area contributed by atoms with Gasteiger partial charge in [-0.2, -0.15) is 0 Å². The minimum absolute atomic E-state index is 0.0647. The number of esters is 1. The van der Waals surface area contributed by atoms with Gasteiger partial charge in [-0.1, -0.05) is 44.2 Å². The molecule has 6 heteroatoms. The number of aliphatic hydroxyl groups excluding tert-OH is 1. The Morgan fingerprint density at radius 2 is 1.83 bits per heavy atom. The second-order valence-corrected chi connectivity index (χ2v) is 5.53. The molecule has 2 N–H and O–H groups in total. The van der Waals surface area contributed by atoms with E-state index in [4.69, 9.17) is 14.6 Å². The van der Waals surface area contributed by atoms with Gasteiger partial charge in [-0.05, 0) is 24.3 Å². The first-order valence-electron chi connectivity index (χ1n) is 7.79. The van der Waals surface area contributed by atoms with Gasteiger partial charge in [-0.15, -0.1) is 0 Å². The number of rotatable bonds is 9. The third-order valence-electron chi connectivity index (χ3n) is 3.20. The zero-order valence-corrected chi connectivity index (χ0v) is 13.7. The van der Waals surface area contributed by atoms with E-state index in [2.05, 4.69) is 5.32 Å². The largest absolute Gasteiger partial charge is 0.464 e. The predicted molar refractivity (Wildman–Crippen MR) is 85.7 cm³/mol. The van der Waals surface area contributed by atoms with Crippen LogP contribution in [0.2, 0.25) is 0 Å². The maximum absolute atomic E-state index is 12.0. The van der Waals surface area contributed by atoms with Crippen LogP contribution in [-0.4, -0.2) is 36.4 Å². The summed E-state index contributed by atoms with van der Waals surface area (Å²) in [6.07, 6.45) is 0.511. The van der Waals surface area contributed by atoms with Crippen molar-refractivity contribution >= 4 is 12.1 Å². The van der Waals surface area contributed by atoms with Gasteiger partial charge in [0, 0.05) is 6.61 Å². The molecule has 0 aliphatic heterocycles. The number of amides is 1. The summed E-state index contributed by atoms with van der Waals surface area (Å²) < 4.78 is 10.2. The Bertz CT molecular complexity index is 475. The van der Waals surface area contributed by atoms with Crippen LogP contribution in [0.3, 0.4) is 0 Å². The quantitative estimate of drug-likeness (QED) is 0.538. The summed E-state index contributed by atoms with van der Waals surface area (Å²) in [5.41, 5.74) is 0.871. The number of alkyl carbamates (subject to hydrolysis) is 1. The van der Waals surface area contributed by atoms with Crippen LogP contribution >= 0.6 is 0 Å². The van der Waals surface area contributed by atoms with Gasteiger partial charge in [0.1, 0.15) is 12.6 Å². The molecule has 0 spiro atoms. The van der Waals surface area contributed by atoms with E-state index in [1.165, 1.54) is 0 Å². The Kier molecular flexibility index (Phi) is 8.75. The van der Waals surface area contributed by atoms with Crippen LogP contribution in [0.4, 0.5) is 4.79 Å². The molecule has 0 radical (unpaired) electrons. The summed E-state index contributed by atoms with van der Waals surface area (Å²) in [5, 5.41) is 11.2. The Hall–Kier alpha value is -2.08. The number of hydrogen-bond acceptors (Lipinski definition) is 5. The highest BCUT2D eigenvalue weighted by Crippen LogP contribution is 2.06. The van der Waals surface area contributed by atoms with E-state index < -0.39 is 18.1 Å². The lowest BCUT2D eigenvalue weighted by Crippen LogP contribution is -2.45. The van der Waals surface area contributed by atoms with E-state index in [0.29, 0.717) is 12.8 Å². The van der Waals surface area contributed by atoms with Crippen molar-refractivity contribution in [2.24, 2.45) is 5.92 Å². The minimum atomic E-state index is -0.757. The van der Waals surface area contributed by atoms with E-state index in [0.717, 1.165) is 5.56 Å². The molecule has 23 heavy (non-hydrogen) atoms. The summed E-state index contributed by atoms with van der Waals surface area (Å²) >= 11 is 0. The molecular weight excluding hydrogens is 298 g/mol. The summed E-state index contributed by atoms with van der Waals surface area (Å²) in [4.78, 5) is 23.8. The number of hydrogen-bond donors (Lipinski definition) is 2. The van der Waals surface area contributed by atoms with Crippen LogP contribution in [0.25, 0.3) is 0 Å². The third kappa shape index (κ3) is 7.65. The number of carbonyl (C=O) groups is 2. The normalized spacial score (nSPS) is 11.8. The molecule has 0 fully saturated rings. The van der Waals surface area contributed by atoms with Crippen molar-refractivity contribution in [1.29, 1.82) is 0 Å². The Morgan fingerprint density at radius 3 is 2.43 bits per heavy atom. The average Bonchev–Trinajstić information content (AvgIpc) is 2.55. The molecular formula is C17H25NO5. The average molecular weight is 323 g/mol. The van der Waals surface area contributed by atoms with Crippen molar-refractivity contribution in [1.82, 2.24) is 5.32 Å². The molecule has 0 aliphatic rings. The molecule has 1 atom stereocenters. The van der Waals surface area contributed by atoms with Crippen LogP contribution in [-0.2, 0) is 20.9 Å². The van der Waals surface area contributed by atoms with Gasteiger partial charge < -0.3 is 19.9 Å². The summed E-state index contributed by atoms with van der Waals surface area (Å²) in [7, 11) is 0. The van der Waals surface area contributed by atoms with Gasteiger partial charge >= 0.3 is 12.1 Å². The van der Waals surface area contributed by atoms with Crippen molar-refractivity contribution < 1.29 is 24.2 Å². The maximum atomic E-state index is 12.0. The standard InChI is InChI=1S/C17H25NO5/c1-13(2)15(16(20)22-11-7-6-10-19)18-17(21)23-12-14-8-4-3-5-9-14/h3-5,8-9,13,15,19H,6-7,10-12H2,1-2H3,(H,18,21)/t15-/m0/s1. The van der Waals surface area contributed by atoms with Crippen LogP contribution in [0.15, 0.2) is 30.3 Å². The number of carbonyl (C=O) groups excluding carboxylic acids is 2. The van der Waals surface area contributed by atoms with Gasteiger partial charge in [0.2, 0.25) is 0 Å². The first-order chi connectivity index (χ1) is 11.0. The molecule has 0 aromatic heterocycles. The zero-order valence-electron chi connectivity index (χ0n) is 13.7. The highest BCUT2D eigenvalue weighted by molar-refractivity contribution is 5.81. The fourth-order valence-corrected chi connectivity index (χ4v) is 1.87. The van der Waals surface area contributed by atoms with Crippen LogP contribution in [0.1, 0.15) is 32.3 Å². The Morgan fingerprint density at radius 1 is 1.13 bits per heavy atom. The van der Waals surface area contributed by atoms with Crippen LogP contribution in [0, 0.1) is 5.92 Å². The first kappa shape index (κ1) is 19.0. The van der Waals surface area contributed by atoms with Crippen LogP contribution < -0.4 is 5.32 Å². The summed E-state index contributed by atoms with van der Waals surface area (Å²) in [6, 6.07) is 8.54. The van der Waals surface area contributed by atoms with Crippen molar-refractivity contribution in [3.8, 4) is 0 Å². The van der Waals surface area contributed by atoms with E-state index in [1.807, 2.05) is 44.2 Å². The lowest BCUT2D eigenvalue weighted by atomic mass is 10.1. The molecule has 128 valence electrons. The van der Waals surface area contributed by atoms with Gasteiger partial charge in [0.15, 0.2) is 0 Å². The van der Waals surface area contributed by atoms with Crippen molar-refractivity contribution in [3.05, 3.63) is 35.9 Å². The van der Waals surface area contributed by atoms with E-state index >= 15 is 0 Å². The molecule has 1 amide bonds. The fraction of sp³-hybridized carbons (Fsp3) is 0.529. The topological polar surface area (TPSA) is 84.9 Å². The SMILES string of the molecule is CC(C)[C@H](NC(=O)OCc1ccccc1)C(=O)OCCCCO. The monoisotopic (exact) mass is 323 g/mol.